The van der Waals surface area contributed by atoms with Gasteiger partial charge in [0, 0.05) is 12.1 Å². The number of nitrogens with one attached hydrogen (secondary N) is 2. The number of halogens is 2. The molecular formula is C9H11Cl2N3O3S. The van der Waals surface area contributed by atoms with Gasteiger partial charge in [-0.2, -0.15) is 0 Å². The van der Waals surface area contributed by atoms with Crippen molar-refractivity contribution in [2.24, 2.45) is 0 Å². The summed E-state index contributed by atoms with van der Waals surface area (Å²) in [4.78, 5) is 15.3. The molecule has 0 aliphatic heterocycles. The first kappa shape index (κ1) is 15.2. The summed E-state index contributed by atoms with van der Waals surface area (Å²) < 4.78 is 24.4. The number of sulfonamides is 1. The zero-order valence-electron chi connectivity index (χ0n) is 9.41. The Labute approximate surface area is 115 Å². The van der Waals surface area contributed by atoms with Crippen molar-refractivity contribution in [1.29, 1.82) is 0 Å². The van der Waals surface area contributed by atoms with Gasteiger partial charge in [-0.3, -0.25) is 4.79 Å². The van der Waals surface area contributed by atoms with E-state index < -0.39 is 15.9 Å². The molecule has 0 bridgehead atoms. The number of pyridine rings is 1. The molecule has 1 heterocycles. The van der Waals surface area contributed by atoms with E-state index in [0.717, 1.165) is 0 Å². The van der Waals surface area contributed by atoms with E-state index in [9.17, 15) is 13.2 Å². The molecule has 0 aliphatic carbocycles. The van der Waals surface area contributed by atoms with Crippen molar-refractivity contribution in [1.82, 2.24) is 15.0 Å². The molecule has 2 N–H and O–H groups in total. The SMILES string of the molecule is CNS(=O)(=O)CCNC(=O)c1cc(Cl)nc(Cl)c1. The number of amides is 1. The molecule has 0 aromatic carbocycles. The third-order valence-corrected chi connectivity index (χ3v) is 3.74. The van der Waals surface area contributed by atoms with Gasteiger partial charge < -0.3 is 5.32 Å². The summed E-state index contributed by atoms with van der Waals surface area (Å²) in [5.74, 6) is -0.672. The predicted octanol–water partition coefficient (Wildman–Crippen LogP) is 0.667. The average molecular weight is 312 g/mol. The van der Waals surface area contributed by atoms with Crippen LogP contribution in [0.4, 0.5) is 0 Å². The maximum atomic E-state index is 11.7. The maximum absolute atomic E-state index is 11.7. The molecule has 0 unspecified atom stereocenters. The number of rotatable bonds is 5. The molecule has 0 spiro atoms. The molecule has 0 fully saturated rings. The Morgan fingerprint density at radius 1 is 1.33 bits per heavy atom. The van der Waals surface area contributed by atoms with Gasteiger partial charge in [0.15, 0.2) is 0 Å². The minimum atomic E-state index is -3.34. The van der Waals surface area contributed by atoms with E-state index >= 15 is 0 Å². The summed E-state index contributed by atoms with van der Waals surface area (Å²) >= 11 is 11.3. The number of aromatic nitrogens is 1. The lowest BCUT2D eigenvalue weighted by Gasteiger charge is -2.06. The number of carbonyl (C=O) groups is 1. The lowest BCUT2D eigenvalue weighted by atomic mass is 10.2. The van der Waals surface area contributed by atoms with Crippen LogP contribution in [0.1, 0.15) is 10.4 Å². The lowest BCUT2D eigenvalue weighted by Crippen LogP contribution is -2.32. The monoisotopic (exact) mass is 311 g/mol. The summed E-state index contributed by atoms with van der Waals surface area (Å²) in [6.07, 6.45) is 0. The molecule has 0 aliphatic rings. The predicted molar refractivity (Wildman–Crippen MR) is 69.4 cm³/mol. The van der Waals surface area contributed by atoms with E-state index in [4.69, 9.17) is 23.2 Å². The summed E-state index contributed by atoms with van der Waals surface area (Å²) in [5.41, 5.74) is 0.224. The van der Waals surface area contributed by atoms with E-state index in [1.807, 2.05) is 0 Å². The summed E-state index contributed by atoms with van der Waals surface area (Å²) in [5, 5.41) is 2.63. The Morgan fingerprint density at radius 2 is 1.89 bits per heavy atom. The highest BCUT2D eigenvalue weighted by Gasteiger charge is 2.11. The second kappa shape index (κ2) is 6.33. The van der Waals surface area contributed by atoms with Crippen molar-refractivity contribution in [2.45, 2.75) is 0 Å². The van der Waals surface area contributed by atoms with Crippen LogP contribution in [0.2, 0.25) is 10.3 Å². The van der Waals surface area contributed by atoms with Gasteiger partial charge in [-0.1, -0.05) is 23.2 Å². The minimum absolute atomic E-state index is 0.0143. The van der Waals surface area contributed by atoms with Gasteiger partial charge in [0.2, 0.25) is 10.0 Å². The quantitative estimate of drug-likeness (QED) is 0.782. The molecule has 18 heavy (non-hydrogen) atoms. The zero-order valence-corrected chi connectivity index (χ0v) is 11.7. The first-order valence-electron chi connectivity index (χ1n) is 4.86. The molecule has 9 heteroatoms. The van der Waals surface area contributed by atoms with Gasteiger partial charge in [-0.15, -0.1) is 0 Å². The topological polar surface area (TPSA) is 88.2 Å². The van der Waals surface area contributed by atoms with Crippen LogP contribution in [0.25, 0.3) is 0 Å². The molecule has 1 aromatic rings. The summed E-state index contributed by atoms with van der Waals surface area (Å²) in [7, 11) is -2.04. The molecule has 6 nitrogen and oxygen atoms in total. The molecule has 1 amide bonds. The van der Waals surface area contributed by atoms with Crippen LogP contribution in [0.3, 0.4) is 0 Å². The smallest absolute Gasteiger partial charge is 0.251 e. The van der Waals surface area contributed by atoms with Gasteiger partial charge in [-0.25, -0.2) is 18.1 Å². The van der Waals surface area contributed by atoms with E-state index in [2.05, 4.69) is 15.0 Å². The fourth-order valence-corrected chi connectivity index (χ4v) is 2.13. The third kappa shape index (κ3) is 4.77. The van der Waals surface area contributed by atoms with Crippen molar-refractivity contribution in [3.63, 3.8) is 0 Å². The Morgan fingerprint density at radius 3 is 2.39 bits per heavy atom. The summed E-state index contributed by atoms with van der Waals surface area (Å²) in [6, 6.07) is 2.69. The minimum Gasteiger partial charge on any atom is -0.351 e. The second-order valence-corrected chi connectivity index (χ2v) is 6.10. The summed E-state index contributed by atoms with van der Waals surface area (Å²) in [6.45, 7) is -0.0143. The molecular weight excluding hydrogens is 301 g/mol. The third-order valence-electron chi connectivity index (χ3n) is 1.99. The standard InChI is InChI=1S/C9H11Cl2N3O3S/c1-12-18(16,17)3-2-13-9(15)6-4-7(10)14-8(11)5-6/h4-5,12H,2-3H2,1H3,(H,13,15). The van der Waals surface area contributed by atoms with Crippen molar-refractivity contribution in [2.75, 3.05) is 19.3 Å². The first-order valence-corrected chi connectivity index (χ1v) is 7.27. The number of nitrogens with zero attached hydrogens (tertiary/aromatic N) is 1. The highest BCUT2D eigenvalue weighted by Crippen LogP contribution is 2.14. The van der Waals surface area contributed by atoms with Crippen LogP contribution in [-0.2, 0) is 10.0 Å². The van der Waals surface area contributed by atoms with E-state index in [0.29, 0.717) is 0 Å². The molecule has 1 aromatic heterocycles. The average Bonchev–Trinajstić information content (AvgIpc) is 2.27. The Kier molecular flexibility index (Phi) is 5.33. The Bertz CT molecular complexity index is 528. The highest BCUT2D eigenvalue weighted by atomic mass is 35.5. The van der Waals surface area contributed by atoms with E-state index in [-0.39, 0.29) is 28.2 Å². The molecule has 0 saturated carbocycles. The molecule has 100 valence electrons. The molecule has 0 radical (unpaired) electrons. The van der Waals surface area contributed by atoms with Crippen LogP contribution < -0.4 is 10.0 Å². The fourth-order valence-electron chi connectivity index (χ4n) is 1.10. The van der Waals surface area contributed by atoms with Gasteiger partial charge in [0.1, 0.15) is 10.3 Å². The number of hydrogen-bond donors (Lipinski definition) is 2. The van der Waals surface area contributed by atoms with Crippen LogP contribution in [0.15, 0.2) is 12.1 Å². The normalized spacial score (nSPS) is 11.3. The highest BCUT2D eigenvalue weighted by molar-refractivity contribution is 7.89. The van der Waals surface area contributed by atoms with Crippen molar-refractivity contribution in [3.8, 4) is 0 Å². The van der Waals surface area contributed by atoms with Crippen LogP contribution in [0.5, 0.6) is 0 Å². The van der Waals surface area contributed by atoms with E-state index in [1.165, 1.54) is 19.2 Å². The van der Waals surface area contributed by atoms with Gasteiger partial charge >= 0.3 is 0 Å². The maximum Gasteiger partial charge on any atom is 0.251 e. The van der Waals surface area contributed by atoms with Gasteiger partial charge in [0.25, 0.3) is 5.91 Å². The second-order valence-electron chi connectivity index (χ2n) is 3.28. The van der Waals surface area contributed by atoms with Crippen LogP contribution in [0, 0.1) is 0 Å². The first-order chi connectivity index (χ1) is 8.34. The van der Waals surface area contributed by atoms with Crippen molar-refractivity contribution in [3.05, 3.63) is 28.0 Å². The van der Waals surface area contributed by atoms with Crippen LogP contribution >= 0.6 is 23.2 Å². The van der Waals surface area contributed by atoms with Crippen molar-refractivity contribution < 1.29 is 13.2 Å². The van der Waals surface area contributed by atoms with E-state index in [1.54, 1.807) is 0 Å². The zero-order chi connectivity index (χ0) is 13.8. The van der Waals surface area contributed by atoms with Crippen molar-refractivity contribution >= 4 is 39.1 Å². The van der Waals surface area contributed by atoms with Crippen LogP contribution in [-0.4, -0.2) is 38.7 Å². The fraction of sp³-hybridized carbons (Fsp3) is 0.333. The molecule has 0 saturated heterocycles. The Balaban J connectivity index is 2.61. The number of carbonyl (C=O) groups excluding carboxylic acids is 1. The largest absolute Gasteiger partial charge is 0.351 e. The lowest BCUT2D eigenvalue weighted by molar-refractivity contribution is 0.0956. The van der Waals surface area contributed by atoms with Gasteiger partial charge in [-0.05, 0) is 19.2 Å². The van der Waals surface area contributed by atoms with Gasteiger partial charge in [0.05, 0.1) is 5.75 Å². The molecule has 1 rings (SSSR count). The molecule has 0 atom stereocenters. The number of hydrogen-bond acceptors (Lipinski definition) is 4. The Hall–Kier alpha value is -0.890.